The largest absolute Gasteiger partial charge is 0.449 e. The Balaban J connectivity index is 2.06. The van der Waals surface area contributed by atoms with E-state index in [0.717, 1.165) is 17.4 Å². The van der Waals surface area contributed by atoms with E-state index in [1.54, 1.807) is 12.3 Å². The third-order valence-corrected chi connectivity index (χ3v) is 4.07. The first-order valence-electron chi connectivity index (χ1n) is 6.95. The summed E-state index contributed by atoms with van der Waals surface area (Å²) in [6, 6.07) is 5.20. The lowest BCUT2D eigenvalue weighted by Gasteiger charge is -2.14. The first kappa shape index (κ1) is 17.6. The zero-order chi connectivity index (χ0) is 17.9. The van der Waals surface area contributed by atoms with Gasteiger partial charge in [0.15, 0.2) is 6.10 Å². The minimum atomic E-state index is -1.14. The molecule has 2 amide bonds. The molecular formula is C16H15FN2O4S. The zero-order valence-electron chi connectivity index (χ0n) is 13.0. The number of anilines is 1. The van der Waals surface area contributed by atoms with Crippen molar-refractivity contribution in [3.8, 4) is 0 Å². The van der Waals surface area contributed by atoms with E-state index in [-0.39, 0.29) is 16.1 Å². The molecule has 126 valence electrons. The Morgan fingerprint density at radius 2 is 1.96 bits per heavy atom. The average Bonchev–Trinajstić information content (AvgIpc) is 2.97. The highest BCUT2D eigenvalue weighted by Crippen LogP contribution is 2.23. The van der Waals surface area contributed by atoms with Crippen molar-refractivity contribution < 1.29 is 23.5 Å². The van der Waals surface area contributed by atoms with Gasteiger partial charge in [-0.3, -0.25) is 9.59 Å². The fourth-order valence-corrected chi connectivity index (χ4v) is 2.70. The lowest BCUT2D eigenvalue weighted by molar-refractivity contribution is -0.123. The minimum Gasteiger partial charge on any atom is -0.449 e. The molecule has 6 nitrogen and oxygen atoms in total. The second-order valence-corrected chi connectivity index (χ2v) is 5.94. The number of thiophene rings is 1. The van der Waals surface area contributed by atoms with E-state index in [9.17, 15) is 18.8 Å². The predicted molar refractivity (Wildman–Crippen MR) is 87.5 cm³/mol. The Morgan fingerprint density at radius 1 is 1.25 bits per heavy atom. The number of ether oxygens (including phenoxy) is 1. The van der Waals surface area contributed by atoms with Gasteiger partial charge < -0.3 is 15.8 Å². The van der Waals surface area contributed by atoms with Crippen molar-refractivity contribution in [2.75, 3.05) is 5.32 Å². The molecule has 0 spiro atoms. The summed E-state index contributed by atoms with van der Waals surface area (Å²) >= 11 is 1.12. The summed E-state index contributed by atoms with van der Waals surface area (Å²) in [7, 11) is 0. The molecule has 0 fully saturated rings. The third-order valence-electron chi connectivity index (χ3n) is 3.24. The van der Waals surface area contributed by atoms with Gasteiger partial charge in [0.1, 0.15) is 10.8 Å². The molecule has 1 aromatic carbocycles. The molecule has 8 heteroatoms. The Bertz CT molecular complexity index is 803. The van der Waals surface area contributed by atoms with Gasteiger partial charge in [-0.25, -0.2) is 9.18 Å². The van der Waals surface area contributed by atoms with Crippen molar-refractivity contribution in [1.82, 2.24) is 0 Å². The molecule has 0 unspecified atom stereocenters. The Labute approximate surface area is 141 Å². The number of nitrogens with one attached hydrogen (secondary N) is 1. The molecule has 1 atom stereocenters. The van der Waals surface area contributed by atoms with Gasteiger partial charge in [-0.05, 0) is 43.0 Å². The molecule has 3 N–H and O–H groups in total. The van der Waals surface area contributed by atoms with Crippen LogP contribution in [-0.4, -0.2) is 23.9 Å². The number of nitrogens with two attached hydrogens (primary N) is 1. The van der Waals surface area contributed by atoms with Crippen molar-refractivity contribution in [3.63, 3.8) is 0 Å². The average molecular weight is 350 g/mol. The molecule has 0 bridgehead atoms. The summed E-state index contributed by atoms with van der Waals surface area (Å²) in [5.41, 5.74) is 5.94. The van der Waals surface area contributed by atoms with Crippen LogP contribution in [0, 0.1) is 12.7 Å². The van der Waals surface area contributed by atoms with E-state index < -0.39 is 29.7 Å². The van der Waals surface area contributed by atoms with Crippen LogP contribution in [0.2, 0.25) is 0 Å². The van der Waals surface area contributed by atoms with Gasteiger partial charge in [0.05, 0.1) is 11.1 Å². The van der Waals surface area contributed by atoms with Crippen LogP contribution in [-0.2, 0) is 9.53 Å². The quantitative estimate of drug-likeness (QED) is 0.809. The van der Waals surface area contributed by atoms with Crippen LogP contribution in [0.4, 0.5) is 9.39 Å². The highest BCUT2D eigenvalue weighted by molar-refractivity contribution is 7.14. The molecule has 0 radical (unpaired) electrons. The number of aryl methyl sites for hydroxylation is 1. The van der Waals surface area contributed by atoms with Crippen LogP contribution in [0.3, 0.4) is 0 Å². The first-order valence-corrected chi connectivity index (χ1v) is 7.83. The Hall–Kier alpha value is -2.74. The van der Waals surface area contributed by atoms with Gasteiger partial charge in [-0.15, -0.1) is 11.3 Å². The van der Waals surface area contributed by atoms with E-state index in [4.69, 9.17) is 10.5 Å². The van der Waals surface area contributed by atoms with Crippen LogP contribution in [0.5, 0.6) is 0 Å². The van der Waals surface area contributed by atoms with E-state index in [2.05, 4.69) is 5.32 Å². The van der Waals surface area contributed by atoms with Crippen molar-refractivity contribution in [1.29, 1.82) is 0 Å². The molecule has 0 aliphatic rings. The second-order valence-electron chi connectivity index (χ2n) is 5.02. The molecule has 24 heavy (non-hydrogen) atoms. The highest BCUT2D eigenvalue weighted by Gasteiger charge is 2.22. The maximum atomic E-state index is 13.2. The van der Waals surface area contributed by atoms with E-state index in [1.165, 1.54) is 25.1 Å². The monoisotopic (exact) mass is 350 g/mol. The van der Waals surface area contributed by atoms with Gasteiger partial charge in [0, 0.05) is 0 Å². The van der Waals surface area contributed by atoms with Crippen LogP contribution < -0.4 is 11.1 Å². The summed E-state index contributed by atoms with van der Waals surface area (Å²) < 4.78 is 18.3. The Kier molecular flexibility index (Phi) is 5.30. The van der Waals surface area contributed by atoms with Gasteiger partial charge in [-0.1, -0.05) is 6.07 Å². The third kappa shape index (κ3) is 3.96. The smallest absolute Gasteiger partial charge is 0.339 e. The highest BCUT2D eigenvalue weighted by atomic mass is 32.1. The van der Waals surface area contributed by atoms with Crippen LogP contribution in [0.1, 0.15) is 33.2 Å². The minimum absolute atomic E-state index is 0.0450. The number of amides is 2. The predicted octanol–water partition coefficient (Wildman–Crippen LogP) is 2.48. The first-order chi connectivity index (χ1) is 11.3. The lowest BCUT2D eigenvalue weighted by Crippen LogP contribution is -2.30. The molecule has 0 saturated heterocycles. The molecule has 2 rings (SSSR count). The number of carbonyl (C=O) groups excluding carboxylic acids is 3. The van der Waals surface area contributed by atoms with Crippen molar-refractivity contribution in [2.45, 2.75) is 20.0 Å². The Morgan fingerprint density at radius 3 is 2.62 bits per heavy atom. The topological polar surface area (TPSA) is 98.5 Å². The fraction of sp³-hybridized carbons (Fsp3) is 0.188. The van der Waals surface area contributed by atoms with Crippen molar-refractivity contribution in [2.24, 2.45) is 5.73 Å². The summed E-state index contributed by atoms with van der Waals surface area (Å²) in [5.74, 6) is -2.68. The number of carbonyl (C=O) groups is 3. The molecule has 0 aliphatic heterocycles. The van der Waals surface area contributed by atoms with Gasteiger partial charge in [0.25, 0.3) is 11.8 Å². The van der Waals surface area contributed by atoms with Gasteiger partial charge in [-0.2, -0.15) is 0 Å². The molecular weight excluding hydrogens is 335 g/mol. The summed E-state index contributed by atoms with van der Waals surface area (Å²) in [5, 5.41) is 4.36. The molecule has 1 aromatic heterocycles. The standard InChI is InChI=1S/C16H15FN2O4S/c1-8-3-4-10(17)7-12(8)16(22)23-9(2)14(21)19-15-11(13(18)20)5-6-24-15/h3-7,9H,1-2H3,(H2,18,20)(H,19,21)/t9-/m0/s1. The fourth-order valence-electron chi connectivity index (χ4n) is 1.91. The van der Waals surface area contributed by atoms with E-state index in [0.29, 0.717) is 5.56 Å². The van der Waals surface area contributed by atoms with E-state index >= 15 is 0 Å². The molecule has 2 aromatic rings. The number of hydrogen-bond donors (Lipinski definition) is 2. The maximum Gasteiger partial charge on any atom is 0.339 e. The van der Waals surface area contributed by atoms with Crippen LogP contribution in [0.25, 0.3) is 0 Å². The number of primary amides is 1. The van der Waals surface area contributed by atoms with Crippen LogP contribution in [0.15, 0.2) is 29.6 Å². The molecule has 1 heterocycles. The van der Waals surface area contributed by atoms with Crippen molar-refractivity contribution in [3.05, 3.63) is 52.2 Å². The van der Waals surface area contributed by atoms with Gasteiger partial charge in [0.2, 0.25) is 0 Å². The summed E-state index contributed by atoms with van der Waals surface area (Å²) in [6.07, 6.45) is -1.14. The number of halogens is 1. The lowest BCUT2D eigenvalue weighted by atomic mass is 10.1. The number of esters is 1. The van der Waals surface area contributed by atoms with Gasteiger partial charge >= 0.3 is 5.97 Å². The second kappa shape index (κ2) is 7.22. The number of rotatable bonds is 5. The molecule has 0 aliphatic carbocycles. The number of benzene rings is 1. The van der Waals surface area contributed by atoms with E-state index in [1.807, 2.05) is 0 Å². The number of hydrogen-bond acceptors (Lipinski definition) is 5. The SMILES string of the molecule is Cc1ccc(F)cc1C(=O)O[C@@H](C)C(=O)Nc1sccc1C(N)=O. The van der Waals surface area contributed by atoms with Crippen molar-refractivity contribution >= 4 is 34.1 Å². The maximum absolute atomic E-state index is 13.2. The summed E-state index contributed by atoms with van der Waals surface area (Å²) in [4.78, 5) is 35.4. The van der Waals surface area contributed by atoms with Crippen LogP contribution >= 0.6 is 11.3 Å². The molecule has 0 saturated carbocycles. The normalized spacial score (nSPS) is 11.6. The zero-order valence-corrected chi connectivity index (χ0v) is 13.8. The summed E-state index contributed by atoms with van der Waals surface area (Å²) in [6.45, 7) is 3.00.